The summed E-state index contributed by atoms with van der Waals surface area (Å²) in [5.74, 6) is 0.407. The molecule has 0 aromatic carbocycles. The van der Waals surface area contributed by atoms with Gasteiger partial charge >= 0.3 is 0 Å². The van der Waals surface area contributed by atoms with Crippen LogP contribution in [-0.4, -0.2) is 35.6 Å². The number of hydrogen-bond acceptors (Lipinski definition) is 4. The van der Waals surface area contributed by atoms with Gasteiger partial charge < -0.3 is 10.6 Å². The molecule has 0 bridgehead atoms. The summed E-state index contributed by atoms with van der Waals surface area (Å²) in [5, 5.41) is 6.30. The Morgan fingerprint density at radius 1 is 0.750 bits per heavy atom. The van der Waals surface area contributed by atoms with E-state index in [1.807, 2.05) is 62.3 Å². The zero-order valence-electron chi connectivity index (χ0n) is 19.8. The van der Waals surface area contributed by atoms with E-state index in [2.05, 4.69) is 10.6 Å². The second-order valence-electron chi connectivity index (χ2n) is 10.9. The monoisotopic (exact) mass is 396 g/mol. The first-order valence-corrected chi connectivity index (χ1v) is 10.7. The van der Waals surface area contributed by atoms with Crippen molar-refractivity contribution in [2.24, 2.45) is 10.8 Å². The van der Waals surface area contributed by atoms with Crippen molar-refractivity contribution in [3.8, 4) is 0 Å². The summed E-state index contributed by atoms with van der Waals surface area (Å²) in [7, 11) is 0. The first kappa shape index (κ1) is 26.8. The van der Waals surface area contributed by atoms with Gasteiger partial charge in [-0.25, -0.2) is 0 Å². The Bertz CT molecular complexity index is 519. The maximum atomic E-state index is 12.7. The molecule has 28 heavy (non-hydrogen) atoms. The molecule has 0 spiro atoms. The van der Waals surface area contributed by atoms with Crippen molar-refractivity contribution in [2.75, 3.05) is 6.54 Å². The average Bonchev–Trinajstić information content (AvgIpc) is 2.50. The first-order chi connectivity index (χ1) is 12.5. The quantitative estimate of drug-likeness (QED) is 0.507. The first-order valence-electron chi connectivity index (χ1n) is 10.7. The fraction of sp³-hybridized carbons (Fsp3) is 0.870. The molecular weight excluding hydrogens is 352 g/mol. The van der Waals surface area contributed by atoms with Gasteiger partial charge in [0, 0.05) is 35.8 Å². The third-order valence-corrected chi connectivity index (χ3v) is 4.56. The lowest BCUT2D eigenvalue weighted by Gasteiger charge is -2.31. The molecule has 0 fully saturated rings. The van der Waals surface area contributed by atoms with E-state index in [1.54, 1.807) is 0 Å². The number of ketones is 2. The van der Waals surface area contributed by atoms with Gasteiger partial charge in [-0.05, 0) is 40.0 Å². The van der Waals surface area contributed by atoms with Crippen LogP contribution in [0.4, 0.5) is 0 Å². The van der Waals surface area contributed by atoms with Gasteiger partial charge in [-0.1, -0.05) is 48.0 Å². The smallest absolute Gasteiger partial charge is 0.220 e. The van der Waals surface area contributed by atoms with Crippen LogP contribution < -0.4 is 10.6 Å². The van der Waals surface area contributed by atoms with Crippen LogP contribution in [0.25, 0.3) is 0 Å². The summed E-state index contributed by atoms with van der Waals surface area (Å²) in [6.07, 6.45) is 4.10. The largest absolute Gasteiger partial charge is 0.356 e. The number of amides is 1. The SMILES string of the molecule is CC(C)(C)NC(CCC(=O)NCCCCCC(=O)C(C)(C)C)C(=O)C(C)(C)C. The topological polar surface area (TPSA) is 75.3 Å². The molecule has 0 aliphatic carbocycles. The van der Waals surface area contributed by atoms with Crippen LogP contribution in [0, 0.1) is 10.8 Å². The second-order valence-corrected chi connectivity index (χ2v) is 10.9. The Labute approximate surface area is 172 Å². The van der Waals surface area contributed by atoms with Crippen LogP contribution in [-0.2, 0) is 14.4 Å². The van der Waals surface area contributed by atoms with Crippen molar-refractivity contribution in [3.05, 3.63) is 0 Å². The van der Waals surface area contributed by atoms with Crippen LogP contribution in [0.5, 0.6) is 0 Å². The van der Waals surface area contributed by atoms with Crippen LogP contribution in [0.2, 0.25) is 0 Å². The lowest BCUT2D eigenvalue weighted by molar-refractivity contribution is -0.129. The normalized spacial score (nSPS) is 13.9. The number of carbonyl (C=O) groups is 3. The number of carbonyl (C=O) groups excluding carboxylic acids is 3. The molecule has 0 radical (unpaired) electrons. The summed E-state index contributed by atoms with van der Waals surface area (Å²) >= 11 is 0. The zero-order valence-corrected chi connectivity index (χ0v) is 19.8. The third kappa shape index (κ3) is 12.3. The van der Waals surface area contributed by atoms with Crippen molar-refractivity contribution in [1.82, 2.24) is 10.6 Å². The molecule has 0 heterocycles. The number of unbranched alkanes of at least 4 members (excludes halogenated alkanes) is 2. The number of nitrogens with one attached hydrogen (secondary N) is 2. The Hall–Kier alpha value is -1.23. The molecule has 1 atom stereocenters. The molecule has 2 N–H and O–H groups in total. The zero-order chi connectivity index (χ0) is 22.2. The number of rotatable bonds is 11. The van der Waals surface area contributed by atoms with Gasteiger partial charge in [0.1, 0.15) is 5.78 Å². The van der Waals surface area contributed by atoms with Gasteiger partial charge in [0.25, 0.3) is 0 Å². The molecule has 1 amide bonds. The molecule has 0 rings (SSSR count). The molecule has 164 valence electrons. The van der Waals surface area contributed by atoms with Crippen LogP contribution >= 0.6 is 0 Å². The molecule has 0 aliphatic rings. The average molecular weight is 397 g/mol. The third-order valence-electron chi connectivity index (χ3n) is 4.56. The van der Waals surface area contributed by atoms with Crippen LogP contribution in [0.1, 0.15) is 101 Å². The predicted octanol–water partition coefficient (Wildman–Crippen LogP) is 4.43. The summed E-state index contributed by atoms with van der Waals surface area (Å²) in [6, 6.07) is -0.325. The van der Waals surface area contributed by atoms with Gasteiger partial charge in [0.05, 0.1) is 6.04 Å². The molecular formula is C23H44N2O3. The van der Waals surface area contributed by atoms with Crippen LogP contribution in [0.3, 0.4) is 0 Å². The van der Waals surface area contributed by atoms with E-state index in [4.69, 9.17) is 0 Å². The fourth-order valence-corrected chi connectivity index (χ4v) is 2.87. The lowest BCUT2D eigenvalue weighted by Crippen LogP contribution is -2.51. The van der Waals surface area contributed by atoms with Crippen molar-refractivity contribution in [2.45, 2.75) is 112 Å². The van der Waals surface area contributed by atoms with E-state index in [9.17, 15) is 14.4 Å². The second kappa shape index (κ2) is 11.1. The number of Topliss-reactive ketones (excluding diaryl/α,β-unsaturated/α-hetero) is 2. The molecule has 0 saturated carbocycles. The van der Waals surface area contributed by atoms with Crippen molar-refractivity contribution >= 4 is 17.5 Å². The molecule has 0 aliphatic heterocycles. The van der Waals surface area contributed by atoms with E-state index < -0.39 is 5.41 Å². The minimum Gasteiger partial charge on any atom is -0.356 e. The summed E-state index contributed by atoms with van der Waals surface area (Å²) in [6.45, 7) is 18.3. The highest BCUT2D eigenvalue weighted by Crippen LogP contribution is 2.21. The van der Waals surface area contributed by atoms with E-state index in [1.165, 1.54) is 0 Å². The molecule has 0 saturated heterocycles. The standard InChI is InChI=1S/C23H44N2O3/c1-21(2,3)18(26)13-11-10-12-16-24-19(27)15-14-17(25-23(7,8)9)20(28)22(4,5)6/h17,25H,10-16H2,1-9H3,(H,24,27). The van der Waals surface area contributed by atoms with E-state index >= 15 is 0 Å². The van der Waals surface area contributed by atoms with Gasteiger partial charge in [0.2, 0.25) is 5.91 Å². The van der Waals surface area contributed by atoms with E-state index in [-0.39, 0.29) is 34.5 Å². The minimum atomic E-state index is -0.441. The van der Waals surface area contributed by atoms with Gasteiger partial charge in [-0.15, -0.1) is 0 Å². The Morgan fingerprint density at radius 2 is 1.32 bits per heavy atom. The van der Waals surface area contributed by atoms with Crippen molar-refractivity contribution in [1.29, 1.82) is 0 Å². The molecule has 0 aromatic heterocycles. The van der Waals surface area contributed by atoms with E-state index in [0.29, 0.717) is 25.8 Å². The summed E-state index contributed by atoms with van der Waals surface area (Å²) in [5.41, 5.74) is -0.896. The number of hydrogen-bond donors (Lipinski definition) is 2. The van der Waals surface area contributed by atoms with Gasteiger partial charge in [-0.3, -0.25) is 14.4 Å². The Kier molecular flexibility index (Phi) is 10.6. The van der Waals surface area contributed by atoms with Crippen molar-refractivity contribution < 1.29 is 14.4 Å². The molecule has 1 unspecified atom stereocenters. The fourth-order valence-electron chi connectivity index (χ4n) is 2.87. The van der Waals surface area contributed by atoms with Crippen LogP contribution in [0.15, 0.2) is 0 Å². The predicted molar refractivity (Wildman–Crippen MR) is 116 cm³/mol. The van der Waals surface area contributed by atoms with E-state index in [0.717, 1.165) is 19.3 Å². The highest BCUT2D eigenvalue weighted by atomic mass is 16.2. The molecule has 5 heteroatoms. The Balaban J connectivity index is 4.25. The Morgan fingerprint density at radius 3 is 1.79 bits per heavy atom. The lowest BCUT2D eigenvalue weighted by atomic mass is 9.84. The van der Waals surface area contributed by atoms with Gasteiger partial charge in [0.15, 0.2) is 5.78 Å². The highest BCUT2D eigenvalue weighted by molar-refractivity contribution is 5.89. The maximum Gasteiger partial charge on any atom is 0.220 e. The highest BCUT2D eigenvalue weighted by Gasteiger charge is 2.32. The molecule has 0 aromatic rings. The van der Waals surface area contributed by atoms with Crippen molar-refractivity contribution in [3.63, 3.8) is 0 Å². The maximum absolute atomic E-state index is 12.7. The minimum absolute atomic E-state index is 0.0202. The summed E-state index contributed by atoms with van der Waals surface area (Å²) in [4.78, 5) is 36.7. The molecule has 5 nitrogen and oxygen atoms in total. The van der Waals surface area contributed by atoms with Gasteiger partial charge in [-0.2, -0.15) is 0 Å². The summed E-state index contributed by atoms with van der Waals surface area (Å²) < 4.78 is 0.